The molecule has 18 heavy (non-hydrogen) atoms. The van der Waals surface area contributed by atoms with E-state index in [2.05, 4.69) is 15.0 Å². The molecule has 0 bridgehead atoms. The van der Waals surface area contributed by atoms with E-state index < -0.39 is 3.79 Å². The Bertz CT molecular complexity index is 540. The SMILES string of the molecule is ClCc1nc(-c2ccccc2)nc(C(Cl)(Cl)Cl)n1. The Labute approximate surface area is 124 Å². The van der Waals surface area contributed by atoms with Gasteiger partial charge in [0.2, 0.25) is 3.79 Å². The van der Waals surface area contributed by atoms with Crippen molar-refractivity contribution in [3.8, 4) is 11.4 Å². The van der Waals surface area contributed by atoms with Crippen LogP contribution in [-0.4, -0.2) is 15.0 Å². The second kappa shape index (κ2) is 5.57. The van der Waals surface area contributed by atoms with E-state index in [9.17, 15) is 0 Å². The van der Waals surface area contributed by atoms with Crippen LogP contribution in [0, 0.1) is 0 Å². The quantitative estimate of drug-likeness (QED) is 0.781. The lowest BCUT2D eigenvalue weighted by Gasteiger charge is -2.11. The molecule has 1 aromatic heterocycles. The Morgan fingerprint density at radius 1 is 0.944 bits per heavy atom. The molecule has 1 aromatic carbocycles. The van der Waals surface area contributed by atoms with Gasteiger partial charge in [-0.25, -0.2) is 15.0 Å². The largest absolute Gasteiger partial charge is 0.250 e. The maximum Gasteiger partial charge on any atom is 0.250 e. The molecule has 1 heterocycles. The van der Waals surface area contributed by atoms with Crippen LogP contribution in [0.3, 0.4) is 0 Å². The lowest BCUT2D eigenvalue weighted by atomic mass is 10.2. The first-order valence-corrected chi connectivity index (χ1v) is 6.61. The van der Waals surface area contributed by atoms with E-state index in [1.807, 2.05) is 30.3 Å². The summed E-state index contributed by atoms with van der Waals surface area (Å²) in [6.45, 7) is 0. The molecule has 2 aromatic rings. The van der Waals surface area contributed by atoms with Crippen LogP contribution in [0.2, 0.25) is 0 Å². The molecule has 0 atom stereocenters. The molecule has 0 N–H and O–H groups in total. The highest BCUT2D eigenvalue weighted by atomic mass is 35.6. The third kappa shape index (κ3) is 3.23. The molecule has 0 radical (unpaired) electrons. The first kappa shape index (κ1) is 13.8. The summed E-state index contributed by atoms with van der Waals surface area (Å²) in [7, 11) is 0. The normalized spacial score (nSPS) is 11.6. The lowest BCUT2D eigenvalue weighted by Crippen LogP contribution is -2.11. The summed E-state index contributed by atoms with van der Waals surface area (Å²) in [6, 6.07) is 9.34. The van der Waals surface area contributed by atoms with Gasteiger partial charge in [-0.1, -0.05) is 65.1 Å². The van der Waals surface area contributed by atoms with E-state index in [1.165, 1.54) is 0 Å². The average molecular weight is 323 g/mol. The topological polar surface area (TPSA) is 38.7 Å². The van der Waals surface area contributed by atoms with Crippen molar-refractivity contribution in [1.29, 1.82) is 0 Å². The summed E-state index contributed by atoms with van der Waals surface area (Å²) < 4.78 is -1.70. The van der Waals surface area contributed by atoms with E-state index in [1.54, 1.807) is 0 Å². The molecule has 2 rings (SSSR count). The van der Waals surface area contributed by atoms with E-state index in [0.29, 0.717) is 11.6 Å². The van der Waals surface area contributed by atoms with Crippen LogP contribution >= 0.6 is 46.4 Å². The lowest BCUT2D eigenvalue weighted by molar-refractivity contribution is 0.875. The molecule has 0 aliphatic carbocycles. The van der Waals surface area contributed by atoms with E-state index in [0.717, 1.165) is 5.56 Å². The fourth-order valence-electron chi connectivity index (χ4n) is 1.32. The van der Waals surface area contributed by atoms with Crippen LogP contribution in [0.1, 0.15) is 11.6 Å². The first-order valence-electron chi connectivity index (χ1n) is 4.94. The Kier molecular flexibility index (Phi) is 4.28. The van der Waals surface area contributed by atoms with Crippen molar-refractivity contribution >= 4 is 46.4 Å². The minimum Gasteiger partial charge on any atom is -0.212 e. The van der Waals surface area contributed by atoms with Crippen molar-refractivity contribution in [2.24, 2.45) is 0 Å². The summed E-state index contributed by atoms with van der Waals surface area (Å²) in [5, 5.41) is 0. The summed E-state index contributed by atoms with van der Waals surface area (Å²) in [6.07, 6.45) is 0. The molecule has 0 saturated carbocycles. The van der Waals surface area contributed by atoms with Gasteiger partial charge in [-0.15, -0.1) is 11.6 Å². The second-order valence-corrected chi connectivity index (χ2v) is 5.94. The molecule has 0 unspecified atom stereocenters. The highest BCUT2D eigenvalue weighted by Gasteiger charge is 2.28. The maximum atomic E-state index is 5.78. The van der Waals surface area contributed by atoms with Gasteiger partial charge in [0, 0.05) is 5.56 Å². The summed E-state index contributed by atoms with van der Waals surface area (Å²) >= 11 is 23.1. The van der Waals surface area contributed by atoms with Gasteiger partial charge in [0.25, 0.3) is 0 Å². The van der Waals surface area contributed by atoms with Crippen molar-refractivity contribution in [2.75, 3.05) is 0 Å². The van der Waals surface area contributed by atoms with Crippen molar-refractivity contribution in [1.82, 2.24) is 15.0 Å². The predicted octanol–water partition coefficient (Wildman–Crippen LogP) is 4.10. The Morgan fingerprint density at radius 3 is 2.17 bits per heavy atom. The van der Waals surface area contributed by atoms with Crippen LogP contribution in [-0.2, 0) is 9.67 Å². The standard InChI is InChI=1S/C11H7Cl4N3/c12-6-8-16-9(7-4-2-1-3-5-7)18-10(17-8)11(13,14)15/h1-5H,6H2. The Balaban J connectivity index is 2.55. The monoisotopic (exact) mass is 321 g/mol. The van der Waals surface area contributed by atoms with Crippen molar-refractivity contribution in [2.45, 2.75) is 9.67 Å². The number of nitrogens with zero attached hydrogens (tertiary/aromatic N) is 3. The van der Waals surface area contributed by atoms with Gasteiger partial charge in [0.15, 0.2) is 11.6 Å². The summed E-state index contributed by atoms with van der Waals surface area (Å²) in [5.41, 5.74) is 0.807. The summed E-state index contributed by atoms with van der Waals surface area (Å²) in [5.74, 6) is 0.988. The Morgan fingerprint density at radius 2 is 1.61 bits per heavy atom. The molecule has 94 valence electrons. The number of hydrogen-bond donors (Lipinski definition) is 0. The van der Waals surface area contributed by atoms with Crippen LogP contribution in [0.4, 0.5) is 0 Å². The molecular formula is C11H7Cl4N3. The van der Waals surface area contributed by atoms with E-state index in [-0.39, 0.29) is 11.7 Å². The third-order valence-corrected chi connectivity index (χ3v) is 2.83. The van der Waals surface area contributed by atoms with Gasteiger partial charge in [0.05, 0.1) is 5.88 Å². The smallest absolute Gasteiger partial charge is 0.212 e. The van der Waals surface area contributed by atoms with Gasteiger partial charge in [-0.05, 0) is 0 Å². The maximum absolute atomic E-state index is 5.78. The second-order valence-electron chi connectivity index (χ2n) is 3.40. The third-order valence-electron chi connectivity index (χ3n) is 2.09. The minimum atomic E-state index is -1.70. The molecule has 3 nitrogen and oxygen atoms in total. The van der Waals surface area contributed by atoms with Crippen molar-refractivity contribution < 1.29 is 0 Å². The molecule has 0 aliphatic rings. The minimum absolute atomic E-state index is 0.0667. The first-order chi connectivity index (χ1) is 8.50. The molecule has 0 aliphatic heterocycles. The van der Waals surface area contributed by atoms with E-state index in [4.69, 9.17) is 46.4 Å². The predicted molar refractivity (Wildman–Crippen MR) is 74.1 cm³/mol. The zero-order valence-corrected chi connectivity index (χ0v) is 12.0. The van der Waals surface area contributed by atoms with Gasteiger partial charge in [-0.3, -0.25) is 0 Å². The number of rotatable bonds is 2. The molecule has 0 saturated heterocycles. The highest BCUT2D eigenvalue weighted by Crippen LogP contribution is 2.36. The van der Waals surface area contributed by atoms with Gasteiger partial charge < -0.3 is 0 Å². The Hall–Kier alpha value is -0.610. The van der Waals surface area contributed by atoms with Crippen LogP contribution in [0.5, 0.6) is 0 Å². The van der Waals surface area contributed by atoms with Crippen LogP contribution < -0.4 is 0 Å². The fraction of sp³-hybridized carbons (Fsp3) is 0.182. The molecular weight excluding hydrogens is 316 g/mol. The number of hydrogen-bond acceptors (Lipinski definition) is 3. The fourth-order valence-corrected chi connectivity index (χ4v) is 1.70. The number of alkyl halides is 4. The van der Waals surface area contributed by atoms with Gasteiger partial charge in [0.1, 0.15) is 5.82 Å². The van der Waals surface area contributed by atoms with Crippen LogP contribution in [0.25, 0.3) is 11.4 Å². The number of aromatic nitrogens is 3. The molecule has 0 spiro atoms. The zero-order valence-electron chi connectivity index (χ0n) is 8.95. The van der Waals surface area contributed by atoms with Gasteiger partial charge in [-0.2, -0.15) is 0 Å². The van der Waals surface area contributed by atoms with Crippen LogP contribution in [0.15, 0.2) is 30.3 Å². The molecule has 0 fully saturated rings. The molecule has 0 amide bonds. The van der Waals surface area contributed by atoms with Crippen molar-refractivity contribution in [3.63, 3.8) is 0 Å². The average Bonchev–Trinajstić information content (AvgIpc) is 2.38. The number of halogens is 4. The van der Waals surface area contributed by atoms with E-state index >= 15 is 0 Å². The number of benzene rings is 1. The van der Waals surface area contributed by atoms with Crippen molar-refractivity contribution in [3.05, 3.63) is 42.0 Å². The van der Waals surface area contributed by atoms with Gasteiger partial charge >= 0.3 is 0 Å². The highest BCUT2D eigenvalue weighted by molar-refractivity contribution is 6.66. The summed E-state index contributed by atoms with van der Waals surface area (Å²) in [4.78, 5) is 12.4. The zero-order chi connectivity index (χ0) is 13.2. The molecule has 7 heteroatoms.